The molecule has 1 aliphatic carbocycles. The van der Waals surface area contributed by atoms with Gasteiger partial charge in [0.25, 0.3) is 0 Å². The molecule has 1 aliphatic rings. The largest absolute Gasteiger partial charge is 0.338 e. The lowest BCUT2D eigenvalue weighted by molar-refractivity contribution is -0.121. The van der Waals surface area contributed by atoms with E-state index in [-0.39, 0.29) is 12.0 Å². The van der Waals surface area contributed by atoms with Crippen molar-refractivity contribution in [3.8, 4) is 6.07 Å². The van der Waals surface area contributed by atoms with Crippen LogP contribution in [0, 0.1) is 23.0 Å². The first-order valence-electron chi connectivity index (χ1n) is 6.21. The Hall–Kier alpha value is -1.96. The standard InChI is InChI=1S/C14H14F2N2O/c15-11-5-3-4-10(13(11)16)8-12(19)18-14(9-17)6-1-2-7-14/h3-5H,1-2,6-8H2,(H,18,19). The second-order valence-electron chi connectivity index (χ2n) is 4.84. The van der Waals surface area contributed by atoms with E-state index in [9.17, 15) is 13.6 Å². The van der Waals surface area contributed by atoms with Crippen molar-refractivity contribution < 1.29 is 13.6 Å². The summed E-state index contributed by atoms with van der Waals surface area (Å²) in [6.45, 7) is 0. The molecule has 0 heterocycles. The van der Waals surface area contributed by atoms with E-state index in [0.717, 1.165) is 18.9 Å². The van der Waals surface area contributed by atoms with E-state index in [0.29, 0.717) is 12.8 Å². The first-order chi connectivity index (χ1) is 9.06. The molecule has 1 fully saturated rings. The molecule has 0 spiro atoms. The highest BCUT2D eigenvalue weighted by Gasteiger charge is 2.35. The molecule has 19 heavy (non-hydrogen) atoms. The second kappa shape index (κ2) is 5.35. The van der Waals surface area contributed by atoms with Gasteiger partial charge in [0.1, 0.15) is 5.54 Å². The van der Waals surface area contributed by atoms with Gasteiger partial charge in [-0.05, 0) is 31.7 Å². The van der Waals surface area contributed by atoms with Crippen LogP contribution in [0.2, 0.25) is 0 Å². The number of benzene rings is 1. The minimum atomic E-state index is -1.00. The third-order valence-electron chi connectivity index (χ3n) is 3.43. The van der Waals surface area contributed by atoms with Crippen molar-refractivity contribution in [3.63, 3.8) is 0 Å². The molecule has 1 aromatic carbocycles. The number of nitrogens with zero attached hydrogens (tertiary/aromatic N) is 1. The van der Waals surface area contributed by atoms with Crippen LogP contribution in [0.4, 0.5) is 8.78 Å². The predicted octanol–water partition coefficient (Wildman–Crippen LogP) is 2.46. The molecule has 5 heteroatoms. The molecule has 1 aromatic rings. The molecule has 1 amide bonds. The summed E-state index contributed by atoms with van der Waals surface area (Å²) < 4.78 is 26.4. The van der Waals surface area contributed by atoms with E-state index in [1.165, 1.54) is 12.1 Å². The molecule has 2 rings (SSSR count). The van der Waals surface area contributed by atoms with Gasteiger partial charge in [-0.3, -0.25) is 4.79 Å². The summed E-state index contributed by atoms with van der Waals surface area (Å²) in [4.78, 5) is 11.8. The summed E-state index contributed by atoms with van der Waals surface area (Å²) in [5.74, 6) is -2.43. The van der Waals surface area contributed by atoms with Gasteiger partial charge in [0, 0.05) is 5.56 Å². The number of hydrogen-bond donors (Lipinski definition) is 1. The molecule has 100 valence electrons. The summed E-state index contributed by atoms with van der Waals surface area (Å²) in [6, 6.07) is 5.85. The lowest BCUT2D eigenvalue weighted by Gasteiger charge is -2.22. The summed E-state index contributed by atoms with van der Waals surface area (Å²) in [5, 5.41) is 11.8. The Morgan fingerprint density at radius 1 is 1.37 bits per heavy atom. The number of carbonyl (C=O) groups excluding carboxylic acids is 1. The second-order valence-corrected chi connectivity index (χ2v) is 4.84. The number of amides is 1. The van der Waals surface area contributed by atoms with Crippen LogP contribution in [0.3, 0.4) is 0 Å². The van der Waals surface area contributed by atoms with Crippen molar-refractivity contribution in [3.05, 3.63) is 35.4 Å². The van der Waals surface area contributed by atoms with Gasteiger partial charge in [0.15, 0.2) is 11.6 Å². The normalized spacial score (nSPS) is 16.9. The number of rotatable bonds is 3. The zero-order valence-corrected chi connectivity index (χ0v) is 10.4. The number of carbonyl (C=O) groups is 1. The fraction of sp³-hybridized carbons (Fsp3) is 0.429. The van der Waals surface area contributed by atoms with Crippen LogP contribution in [0.15, 0.2) is 18.2 Å². The quantitative estimate of drug-likeness (QED) is 0.911. The molecule has 0 aliphatic heterocycles. The average Bonchev–Trinajstić information content (AvgIpc) is 2.84. The molecule has 0 radical (unpaired) electrons. The Balaban J connectivity index is 2.06. The molecule has 1 saturated carbocycles. The zero-order valence-electron chi connectivity index (χ0n) is 10.4. The van der Waals surface area contributed by atoms with Gasteiger partial charge < -0.3 is 5.32 Å². The fourth-order valence-electron chi connectivity index (χ4n) is 2.41. The van der Waals surface area contributed by atoms with Crippen molar-refractivity contribution in [1.82, 2.24) is 5.32 Å². The topological polar surface area (TPSA) is 52.9 Å². The first-order valence-corrected chi connectivity index (χ1v) is 6.21. The van der Waals surface area contributed by atoms with E-state index >= 15 is 0 Å². The van der Waals surface area contributed by atoms with E-state index < -0.39 is 23.1 Å². The van der Waals surface area contributed by atoms with Crippen LogP contribution in [-0.4, -0.2) is 11.4 Å². The summed E-state index contributed by atoms with van der Waals surface area (Å²) >= 11 is 0. The maximum absolute atomic E-state index is 13.4. The van der Waals surface area contributed by atoms with Crippen molar-refractivity contribution in [2.45, 2.75) is 37.6 Å². The third kappa shape index (κ3) is 2.90. The summed E-state index contributed by atoms with van der Waals surface area (Å²) in [5.41, 5.74) is -0.829. The number of halogens is 2. The highest BCUT2D eigenvalue weighted by molar-refractivity contribution is 5.80. The molecule has 0 unspecified atom stereocenters. The van der Waals surface area contributed by atoms with E-state index in [2.05, 4.69) is 11.4 Å². The van der Waals surface area contributed by atoms with Crippen LogP contribution in [0.5, 0.6) is 0 Å². The summed E-state index contributed by atoms with van der Waals surface area (Å²) in [6.07, 6.45) is 2.75. The maximum Gasteiger partial charge on any atom is 0.225 e. The Morgan fingerprint density at radius 3 is 2.68 bits per heavy atom. The van der Waals surface area contributed by atoms with Crippen molar-refractivity contribution in [1.29, 1.82) is 5.26 Å². The highest BCUT2D eigenvalue weighted by Crippen LogP contribution is 2.29. The number of hydrogen-bond acceptors (Lipinski definition) is 2. The molecule has 1 N–H and O–H groups in total. The van der Waals surface area contributed by atoms with Crippen molar-refractivity contribution in [2.24, 2.45) is 0 Å². The van der Waals surface area contributed by atoms with E-state index in [1.54, 1.807) is 0 Å². The third-order valence-corrected chi connectivity index (χ3v) is 3.43. The van der Waals surface area contributed by atoms with Crippen LogP contribution < -0.4 is 5.32 Å². The summed E-state index contributed by atoms with van der Waals surface area (Å²) in [7, 11) is 0. The molecular weight excluding hydrogens is 250 g/mol. The Morgan fingerprint density at radius 2 is 2.05 bits per heavy atom. The molecule has 0 aromatic heterocycles. The average molecular weight is 264 g/mol. The Kier molecular flexibility index (Phi) is 3.79. The van der Waals surface area contributed by atoms with Gasteiger partial charge in [-0.1, -0.05) is 12.1 Å². The van der Waals surface area contributed by atoms with Crippen molar-refractivity contribution in [2.75, 3.05) is 0 Å². The van der Waals surface area contributed by atoms with Gasteiger partial charge in [0.2, 0.25) is 5.91 Å². The SMILES string of the molecule is N#CC1(NC(=O)Cc2cccc(F)c2F)CCCC1. The molecule has 3 nitrogen and oxygen atoms in total. The molecular formula is C14H14F2N2O. The first kappa shape index (κ1) is 13.5. The Bertz CT molecular complexity index is 531. The number of nitriles is 1. The fourth-order valence-corrected chi connectivity index (χ4v) is 2.41. The van der Waals surface area contributed by atoms with Crippen LogP contribution >= 0.6 is 0 Å². The predicted molar refractivity (Wildman–Crippen MR) is 65.0 cm³/mol. The lowest BCUT2D eigenvalue weighted by atomic mass is 9.99. The van der Waals surface area contributed by atoms with E-state index in [1.807, 2.05) is 0 Å². The molecule has 0 saturated heterocycles. The van der Waals surface area contributed by atoms with Gasteiger partial charge in [-0.15, -0.1) is 0 Å². The molecule has 0 atom stereocenters. The van der Waals surface area contributed by atoms with Gasteiger partial charge in [-0.25, -0.2) is 8.78 Å². The monoisotopic (exact) mass is 264 g/mol. The smallest absolute Gasteiger partial charge is 0.225 e. The highest BCUT2D eigenvalue weighted by atomic mass is 19.2. The maximum atomic E-state index is 13.4. The zero-order chi connectivity index (χ0) is 13.9. The van der Waals surface area contributed by atoms with Crippen LogP contribution in [0.25, 0.3) is 0 Å². The lowest BCUT2D eigenvalue weighted by Crippen LogP contribution is -2.45. The number of nitrogens with one attached hydrogen (secondary N) is 1. The van der Waals surface area contributed by atoms with Gasteiger partial charge in [-0.2, -0.15) is 5.26 Å². The van der Waals surface area contributed by atoms with Crippen molar-refractivity contribution >= 4 is 5.91 Å². The van der Waals surface area contributed by atoms with Gasteiger partial charge >= 0.3 is 0 Å². The minimum Gasteiger partial charge on any atom is -0.338 e. The van der Waals surface area contributed by atoms with Gasteiger partial charge in [0.05, 0.1) is 12.5 Å². The minimum absolute atomic E-state index is 0.00332. The van der Waals surface area contributed by atoms with Crippen LogP contribution in [-0.2, 0) is 11.2 Å². The van der Waals surface area contributed by atoms with E-state index in [4.69, 9.17) is 5.26 Å². The molecule has 0 bridgehead atoms. The Labute approximate surface area is 110 Å². The van der Waals surface area contributed by atoms with Crippen LogP contribution in [0.1, 0.15) is 31.2 Å².